The van der Waals surface area contributed by atoms with E-state index in [9.17, 15) is 18.9 Å². The molecule has 25 heavy (non-hydrogen) atoms. The molecule has 0 bridgehead atoms. The van der Waals surface area contributed by atoms with E-state index in [1.807, 2.05) is 5.38 Å². The first-order chi connectivity index (χ1) is 12.0. The molecule has 7 nitrogen and oxygen atoms in total. The van der Waals surface area contributed by atoms with E-state index in [2.05, 4.69) is 15.0 Å². The van der Waals surface area contributed by atoms with Crippen LogP contribution in [0.5, 0.6) is 5.75 Å². The van der Waals surface area contributed by atoms with Gasteiger partial charge < -0.3 is 14.5 Å². The molecule has 3 rings (SSSR count). The fourth-order valence-corrected chi connectivity index (χ4v) is 2.85. The van der Waals surface area contributed by atoms with Crippen LogP contribution in [0.3, 0.4) is 0 Å². The van der Waals surface area contributed by atoms with Gasteiger partial charge in [0.2, 0.25) is 5.75 Å². The number of anilines is 1. The molecule has 0 aliphatic carbocycles. The normalized spacial score (nSPS) is 10.8. The monoisotopic (exact) mass is 367 g/mol. The summed E-state index contributed by atoms with van der Waals surface area (Å²) in [5, 5.41) is 16.4. The zero-order chi connectivity index (χ0) is 17.8. The molecule has 1 aromatic carbocycles. The van der Waals surface area contributed by atoms with E-state index >= 15 is 0 Å². The van der Waals surface area contributed by atoms with Crippen LogP contribution in [0, 0.1) is 10.1 Å². The van der Waals surface area contributed by atoms with Crippen LogP contribution in [0.4, 0.5) is 20.2 Å². The van der Waals surface area contributed by atoms with Gasteiger partial charge in [-0.05, 0) is 18.2 Å². The van der Waals surface area contributed by atoms with Crippen LogP contribution < -0.4 is 10.1 Å². The molecule has 3 aromatic rings. The maximum absolute atomic E-state index is 12.4. The molecule has 0 aliphatic heterocycles. The standard InChI is InChI=1S/C15H11F2N3O4S/c16-15(17)24-13-6-9(3-4-11(13)20(21)22)18-7-10-8-25-14(19-10)12-2-1-5-23-12/h1-6,8,15,18H,7H2. The predicted octanol–water partition coefficient (Wildman–Crippen LogP) is 4.52. The van der Waals surface area contributed by atoms with E-state index < -0.39 is 23.0 Å². The number of furan rings is 1. The highest BCUT2D eigenvalue weighted by Crippen LogP contribution is 2.31. The third-order valence-corrected chi connectivity index (χ3v) is 4.04. The van der Waals surface area contributed by atoms with Gasteiger partial charge in [0.25, 0.3) is 0 Å². The molecule has 10 heteroatoms. The molecule has 0 saturated heterocycles. The fraction of sp³-hybridized carbons (Fsp3) is 0.133. The summed E-state index contributed by atoms with van der Waals surface area (Å²) in [6.07, 6.45) is 1.55. The smallest absolute Gasteiger partial charge is 0.387 e. The van der Waals surface area contributed by atoms with Gasteiger partial charge in [0.1, 0.15) is 0 Å². The Morgan fingerprint density at radius 2 is 2.24 bits per heavy atom. The van der Waals surface area contributed by atoms with Crippen LogP contribution in [0.25, 0.3) is 10.8 Å². The molecule has 0 unspecified atom stereocenters. The number of hydrogen-bond acceptors (Lipinski definition) is 7. The molecule has 130 valence electrons. The summed E-state index contributed by atoms with van der Waals surface area (Å²) in [6.45, 7) is -2.84. The minimum absolute atomic E-state index is 0.309. The van der Waals surface area contributed by atoms with Crippen LogP contribution in [0.15, 0.2) is 46.4 Å². The van der Waals surface area contributed by atoms with Crippen LogP contribution in [0.2, 0.25) is 0 Å². The van der Waals surface area contributed by atoms with E-state index in [4.69, 9.17) is 4.42 Å². The topological polar surface area (TPSA) is 90.4 Å². The first-order valence-corrected chi connectivity index (χ1v) is 7.86. The Bertz CT molecular complexity index is 868. The third kappa shape index (κ3) is 4.10. The average Bonchev–Trinajstić information content (AvgIpc) is 3.23. The quantitative estimate of drug-likeness (QED) is 0.487. The van der Waals surface area contributed by atoms with Crippen molar-refractivity contribution >= 4 is 22.7 Å². The molecule has 0 saturated carbocycles. The minimum atomic E-state index is -3.15. The molecule has 1 N–H and O–H groups in total. The number of halogens is 2. The predicted molar refractivity (Wildman–Crippen MR) is 86.9 cm³/mol. The van der Waals surface area contributed by atoms with Crippen LogP contribution in [-0.2, 0) is 6.54 Å². The number of nitro benzene ring substituents is 1. The minimum Gasteiger partial charge on any atom is -0.462 e. The van der Waals surface area contributed by atoms with Gasteiger partial charge in [0.05, 0.1) is 23.4 Å². The van der Waals surface area contributed by atoms with Crippen LogP contribution in [-0.4, -0.2) is 16.5 Å². The molecule has 0 amide bonds. The highest BCUT2D eigenvalue weighted by molar-refractivity contribution is 7.13. The van der Waals surface area contributed by atoms with Gasteiger partial charge >= 0.3 is 12.3 Å². The van der Waals surface area contributed by atoms with Crippen molar-refractivity contribution in [2.45, 2.75) is 13.2 Å². The molecular weight excluding hydrogens is 356 g/mol. The van der Waals surface area contributed by atoms with Gasteiger partial charge in [-0.3, -0.25) is 10.1 Å². The summed E-state index contributed by atoms with van der Waals surface area (Å²) in [4.78, 5) is 14.5. The molecule has 2 heterocycles. The van der Waals surface area contributed by atoms with Crippen molar-refractivity contribution in [3.05, 3.63) is 57.8 Å². The van der Waals surface area contributed by atoms with Gasteiger partial charge in [-0.1, -0.05) is 0 Å². The van der Waals surface area contributed by atoms with E-state index in [1.54, 1.807) is 18.4 Å². The number of benzene rings is 1. The molecule has 0 radical (unpaired) electrons. The molecule has 0 spiro atoms. The summed E-state index contributed by atoms with van der Waals surface area (Å²) in [7, 11) is 0. The van der Waals surface area contributed by atoms with Crippen LogP contribution in [0.1, 0.15) is 5.69 Å². The summed E-state index contributed by atoms with van der Waals surface area (Å²) in [5.74, 6) is 0.152. The Hall–Kier alpha value is -3.01. The van der Waals surface area contributed by atoms with Gasteiger partial charge in [0.15, 0.2) is 10.8 Å². The Morgan fingerprint density at radius 1 is 1.40 bits per heavy atom. The number of thiazole rings is 1. The lowest BCUT2D eigenvalue weighted by atomic mass is 10.2. The van der Waals surface area contributed by atoms with Gasteiger partial charge in [-0.2, -0.15) is 8.78 Å². The summed E-state index contributed by atoms with van der Waals surface area (Å²) >= 11 is 1.40. The van der Waals surface area contributed by atoms with E-state index in [0.29, 0.717) is 28.7 Å². The Labute approximate surface area is 144 Å². The van der Waals surface area contributed by atoms with E-state index in [1.165, 1.54) is 17.4 Å². The highest BCUT2D eigenvalue weighted by atomic mass is 32.1. The van der Waals surface area contributed by atoms with Crippen LogP contribution >= 0.6 is 11.3 Å². The van der Waals surface area contributed by atoms with Gasteiger partial charge in [0, 0.05) is 23.2 Å². The lowest BCUT2D eigenvalue weighted by Crippen LogP contribution is -2.06. The van der Waals surface area contributed by atoms with Crippen molar-refractivity contribution in [2.24, 2.45) is 0 Å². The number of hydrogen-bond donors (Lipinski definition) is 1. The van der Waals surface area contributed by atoms with Crippen molar-refractivity contribution < 1.29 is 22.9 Å². The van der Waals surface area contributed by atoms with Crippen molar-refractivity contribution in [1.82, 2.24) is 4.98 Å². The Kier molecular flexibility index (Phi) is 4.89. The second-order valence-corrected chi connectivity index (χ2v) is 5.65. The van der Waals surface area contributed by atoms with Crippen molar-refractivity contribution in [3.63, 3.8) is 0 Å². The number of ether oxygens (including phenoxy) is 1. The lowest BCUT2D eigenvalue weighted by Gasteiger charge is -2.09. The lowest BCUT2D eigenvalue weighted by molar-refractivity contribution is -0.386. The molecule has 0 fully saturated rings. The largest absolute Gasteiger partial charge is 0.462 e. The maximum Gasteiger partial charge on any atom is 0.387 e. The Morgan fingerprint density at radius 3 is 2.92 bits per heavy atom. The van der Waals surface area contributed by atoms with E-state index in [-0.39, 0.29) is 0 Å². The molecular formula is C15H11F2N3O4S. The second-order valence-electron chi connectivity index (χ2n) is 4.79. The van der Waals surface area contributed by atoms with Crippen molar-refractivity contribution in [3.8, 4) is 16.5 Å². The molecule has 0 aliphatic rings. The number of nitro groups is 1. The molecule has 0 atom stereocenters. The maximum atomic E-state index is 12.4. The van der Waals surface area contributed by atoms with Gasteiger partial charge in [-0.15, -0.1) is 11.3 Å². The zero-order valence-corrected chi connectivity index (χ0v) is 13.3. The average molecular weight is 367 g/mol. The molecule has 2 aromatic heterocycles. The number of nitrogens with one attached hydrogen (secondary N) is 1. The third-order valence-electron chi connectivity index (χ3n) is 3.13. The number of rotatable bonds is 7. The second kappa shape index (κ2) is 7.26. The summed E-state index contributed by atoms with van der Waals surface area (Å²) < 4.78 is 34.3. The first kappa shape index (κ1) is 16.8. The summed E-state index contributed by atoms with van der Waals surface area (Å²) in [6, 6.07) is 7.23. The number of aromatic nitrogens is 1. The van der Waals surface area contributed by atoms with E-state index in [0.717, 1.165) is 12.1 Å². The number of alkyl halides is 2. The SMILES string of the molecule is O=[N+]([O-])c1ccc(NCc2csc(-c3ccco3)n2)cc1OC(F)F. The summed E-state index contributed by atoms with van der Waals surface area (Å²) in [5.41, 5.74) is 0.583. The highest BCUT2D eigenvalue weighted by Gasteiger charge is 2.19. The van der Waals surface area contributed by atoms with Crippen molar-refractivity contribution in [2.75, 3.05) is 5.32 Å². The van der Waals surface area contributed by atoms with Crippen molar-refractivity contribution in [1.29, 1.82) is 0 Å². The Balaban J connectivity index is 1.71. The zero-order valence-electron chi connectivity index (χ0n) is 12.5. The number of nitrogens with zero attached hydrogens (tertiary/aromatic N) is 2. The first-order valence-electron chi connectivity index (χ1n) is 6.98. The van der Waals surface area contributed by atoms with Gasteiger partial charge in [-0.25, -0.2) is 4.98 Å². The fourth-order valence-electron chi connectivity index (χ4n) is 2.06.